The molecule has 0 saturated heterocycles. The second-order valence-electron chi connectivity index (χ2n) is 1.39. The lowest BCUT2D eigenvalue weighted by molar-refractivity contribution is 1.46. The highest BCUT2D eigenvalue weighted by atomic mass is 127. The lowest BCUT2D eigenvalue weighted by atomic mass is 10.5. The first-order chi connectivity index (χ1) is 3.98. The average Bonchev–Trinajstić information content (AvgIpc) is 1.64. The molecule has 0 unspecified atom stereocenters. The molecule has 0 aromatic heterocycles. The molecule has 0 saturated carbocycles. The molecule has 0 radical (unpaired) electrons. The normalized spacial score (nSPS) is 13.6. The van der Waals surface area contributed by atoms with Gasteiger partial charge in [0.1, 0.15) is 0 Å². The average molecular weight is 278 g/mol. The van der Waals surface area contributed by atoms with E-state index in [0.29, 0.717) is 5.71 Å². The number of hydrogen-bond donors (Lipinski definition) is 0. The first-order valence-electron chi connectivity index (χ1n) is 2.21. The Labute approximate surface area is 78.3 Å². The zero-order valence-electron chi connectivity index (χ0n) is 4.87. The molecule has 0 aliphatic heterocycles. The van der Waals surface area contributed by atoms with Gasteiger partial charge >= 0.3 is 0 Å². The molecule has 0 fully saturated rings. The topological polar surface area (TPSA) is 12.4 Å². The van der Waals surface area contributed by atoms with Crippen molar-refractivity contribution in [3.05, 3.63) is 12.8 Å². The number of aliphatic imine (C=N–C) groups is 1. The van der Waals surface area contributed by atoms with E-state index in [-0.39, 0.29) is 0 Å². The van der Waals surface area contributed by atoms with Gasteiger partial charge in [-0.25, -0.2) is 0 Å². The molecular formula is C5H6Cl2IN. The van der Waals surface area contributed by atoms with Crippen LogP contribution in [0.2, 0.25) is 0 Å². The molecule has 0 aromatic rings. The van der Waals surface area contributed by atoms with E-state index in [2.05, 4.69) is 11.6 Å². The Bertz CT molecular complexity index is 136. The van der Waals surface area contributed by atoms with Gasteiger partial charge in [-0.1, -0.05) is 29.8 Å². The zero-order chi connectivity index (χ0) is 7.49. The molecule has 0 atom stereocenters. The van der Waals surface area contributed by atoms with Gasteiger partial charge in [-0.05, 0) is 29.5 Å². The van der Waals surface area contributed by atoms with Crippen molar-refractivity contribution in [2.24, 2.45) is 4.99 Å². The van der Waals surface area contributed by atoms with Crippen LogP contribution in [0.1, 0.15) is 6.92 Å². The molecular weight excluding hydrogens is 272 g/mol. The molecule has 0 spiro atoms. The van der Waals surface area contributed by atoms with Crippen LogP contribution in [0.5, 0.6) is 0 Å². The van der Waals surface area contributed by atoms with Crippen molar-refractivity contribution in [1.29, 1.82) is 0 Å². The zero-order valence-corrected chi connectivity index (χ0v) is 8.53. The van der Waals surface area contributed by atoms with Crippen LogP contribution in [0.25, 0.3) is 0 Å². The summed E-state index contributed by atoms with van der Waals surface area (Å²) in [6.07, 6.45) is 1.41. The van der Waals surface area contributed by atoms with E-state index in [1.54, 1.807) is 6.92 Å². The smallest absolute Gasteiger partial charge is 0.205 e. The number of alkyl halides is 3. The Morgan fingerprint density at radius 2 is 2.22 bits per heavy atom. The van der Waals surface area contributed by atoms with E-state index in [9.17, 15) is 0 Å². The van der Waals surface area contributed by atoms with Crippen molar-refractivity contribution < 1.29 is 0 Å². The molecule has 0 aliphatic carbocycles. The molecule has 1 nitrogen and oxygen atoms in total. The third kappa shape index (κ3) is 4.17. The first kappa shape index (κ1) is 9.72. The summed E-state index contributed by atoms with van der Waals surface area (Å²) in [5.74, 6) is 0. The Morgan fingerprint density at radius 3 is 2.33 bits per heavy atom. The summed E-state index contributed by atoms with van der Waals surface area (Å²) in [6, 6.07) is 0. The van der Waals surface area contributed by atoms with Crippen LogP contribution in [-0.2, 0) is 0 Å². The Balaban J connectivity index is 4.19. The highest BCUT2D eigenvalue weighted by Gasteiger charge is 2.21. The lowest BCUT2D eigenvalue weighted by Crippen LogP contribution is -2.13. The van der Waals surface area contributed by atoms with Crippen LogP contribution in [0, 0.1) is 0 Å². The Hall–Kier alpha value is 0.720. The van der Waals surface area contributed by atoms with Crippen molar-refractivity contribution >= 4 is 51.5 Å². The van der Waals surface area contributed by atoms with Gasteiger partial charge in [-0.3, -0.25) is 4.99 Å². The molecule has 0 N–H and O–H groups in total. The summed E-state index contributed by atoms with van der Waals surface area (Å²) in [5, 5.41) is 0. The minimum atomic E-state index is -0.897. The van der Waals surface area contributed by atoms with E-state index in [1.165, 1.54) is 6.20 Å². The molecule has 0 aliphatic rings. The third-order valence-corrected chi connectivity index (χ3v) is 2.02. The molecule has 0 rings (SSSR count). The maximum absolute atomic E-state index is 5.64. The quantitative estimate of drug-likeness (QED) is 0.418. The van der Waals surface area contributed by atoms with E-state index in [4.69, 9.17) is 23.2 Å². The second kappa shape index (κ2) is 3.78. The number of nitrogens with zero attached hydrogens (tertiary/aromatic N) is 1. The van der Waals surface area contributed by atoms with Gasteiger partial charge in [0.15, 0.2) is 0 Å². The highest BCUT2D eigenvalue weighted by molar-refractivity contribution is 14.1. The van der Waals surface area contributed by atoms with Crippen LogP contribution in [-0.4, -0.2) is 8.05 Å². The number of halogens is 3. The fourth-order valence-electron chi connectivity index (χ4n) is 0.210. The van der Waals surface area contributed by atoms with Gasteiger partial charge in [-0.15, -0.1) is 0 Å². The van der Waals surface area contributed by atoms with Crippen LogP contribution < -0.4 is 0 Å². The van der Waals surface area contributed by atoms with Crippen molar-refractivity contribution in [2.75, 3.05) is 0 Å². The van der Waals surface area contributed by atoms with Gasteiger partial charge in [0, 0.05) is 6.20 Å². The van der Waals surface area contributed by atoms with Crippen molar-refractivity contribution in [3.63, 3.8) is 0 Å². The van der Waals surface area contributed by atoms with Gasteiger partial charge in [-0.2, -0.15) is 0 Å². The van der Waals surface area contributed by atoms with E-state index in [0.717, 1.165) is 0 Å². The molecule has 0 aromatic carbocycles. The molecule has 4 heteroatoms. The van der Waals surface area contributed by atoms with Gasteiger partial charge in [0.2, 0.25) is 2.34 Å². The van der Waals surface area contributed by atoms with Crippen LogP contribution >= 0.6 is 45.8 Å². The second-order valence-corrected chi connectivity index (χ2v) is 5.62. The minimum absolute atomic E-state index is 0.640. The minimum Gasteiger partial charge on any atom is -0.263 e. The number of rotatable bonds is 2. The van der Waals surface area contributed by atoms with Crippen LogP contribution in [0.15, 0.2) is 17.8 Å². The Kier molecular flexibility index (Phi) is 4.09. The summed E-state index contributed by atoms with van der Waals surface area (Å²) in [6.45, 7) is 5.15. The van der Waals surface area contributed by atoms with Crippen molar-refractivity contribution in [2.45, 2.75) is 9.26 Å². The summed E-state index contributed by atoms with van der Waals surface area (Å²) in [5.41, 5.74) is 0.640. The van der Waals surface area contributed by atoms with Crippen molar-refractivity contribution in [1.82, 2.24) is 0 Å². The largest absolute Gasteiger partial charge is 0.263 e. The monoisotopic (exact) mass is 277 g/mol. The van der Waals surface area contributed by atoms with Gasteiger partial charge in [0.25, 0.3) is 0 Å². The number of hydrogen-bond acceptors (Lipinski definition) is 1. The predicted octanol–water partition coefficient (Wildman–Crippen LogP) is 3.16. The molecule has 52 valence electrons. The summed E-state index contributed by atoms with van der Waals surface area (Å²) in [7, 11) is 0. The first-order valence-corrected chi connectivity index (χ1v) is 4.04. The van der Waals surface area contributed by atoms with Crippen molar-refractivity contribution in [3.8, 4) is 0 Å². The molecule has 9 heavy (non-hydrogen) atoms. The lowest BCUT2D eigenvalue weighted by Gasteiger charge is -2.08. The molecule has 0 amide bonds. The predicted molar refractivity (Wildman–Crippen MR) is 51.8 cm³/mol. The summed E-state index contributed by atoms with van der Waals surface area (Å²) >= 11 is 13.2. The fourth-order valence-corrected chi connectivity index (χ4v) is 0.447. The fraction of sp³-hybridized carbons (Fsp3) is 0.400. The van der Waals surface area contributed by atoms with Gasteiger partial charge < -0.3 is 0 Å². The Morgan fingerprint density at radius 1 is 1.78 bits per heavy atom. The molecule has 0 bridgehead atoms. The SMILES string of the molecule is C=C/N=C(/C)C(Cl)(Cl)I. The third-order valence-electron chi connectivity index (χ3n) is 0.695. The maximum Gasteiger partial charge on any atom is 0.205 e. The van der Waals surface area contributed by atoms with Gasteiger partial charge in [0.05, 0.1) is 5.71 Å². The molecule has 0 heterocycles. The van der Waals surface area contributed by atoms with E-state index in [1.807, 2.05) is 22.6 Å². The van der Waals surface area contributed by atoms with E-state index >= 15 is 0 Å². The summed E-state index contributed by atoms with van der Waals surface area (Å²) in [4.78, 5) is 3.80. The van der Waals surface area contributed by atoms with Crippen LogP contribution in [0.3, 0.4) is 0 Å². The summed E-state index contributed by atoms with van der Waals surface area (Å²) < 4.78 is -0.897. The van der Waals surface area contributed by atoms with Crippen LogP contribution in [0.4, 0.5) is 0 Å². The highest BCUT2D eigenvalue weighted by Crippen LogP contribution is 2.30. The van der Waals surface area contributed by atoms with E-state index < -0.39 is 2.34 Å². The standard InChI is InChI=1S/C5H6Cl2IN/c1-3-9-4(2)5(6,7)8/h3H,1H2,2H3/b9-4-. The maximum atomic E-state index is 5.64.